The van der Waals surface area contributed by atoms with Crippen molar-refractivity contribution in [2.45, 2.75) is 24.3 Å². The molecule has 5 nitrogen and oxygen atoms in total. The van der Waals surface area contributed by atoms with E-state index in [1.165, 1.54) is 6.07 Å². The van der Waals surface area contributed by atoms with Gasteiger partial charge in [0.05, 0.1) is 18.2 Å². The van der Waals surface area contributed by atoms with Gasteiger partial charge in [-0.15, -0.1) is 0 Å². The van der Waals surface area contributed by atoms with Crippen molar-refractivity contribution in [3.8, 4) is 0 Å². The fraction of sp³-hybridized carbons (Fsp3) is 0.455. The predicted octanol–water partition coefficient (Wildman–Crippen LogP) is 0.730. The molecule has 1 atom stereocenters. The van der Waals surface area contributed by atoms with Crippen molar-refractivity contribution in [3.63, 3.8) is 0 Å². The van der Waals surface area contributed by atoms with Crippen LogP contribution in [-0.4, -0.2) is 32.4 Å². The lowest BCUT2D eigenvalue weighted by molar-refractivity contribution is 0.189. The Morgan fingerprint density at radius 1 is 1.53 bits per heavy atom. The molecule has 6 heteroatoms. The molecule has 0 unspecified atom stereocenters. The number of hydrogen-bond acceptors (Lipinski definition) is 4. The molecule has 2 rings (SSSR count). The van der Waals surface area contributed by atoms with Crippen molar-refractivity contribution in [1.82, 2.24) is 5.32 Å². The third-order valence-corrected chi connectivity index (χ3v) is 3.71. The summed E-state index contributed by atoms with van der Waals surface area (Å²) in [5, 5.41) is 3.10. The Morgan fingerprint density at radius 3 is 2.88 bits per heavy atom. The van der Waals surface area contributed by atoms with Crippen molar-refractivity contribution >= 4 is 10.1 Å². The molecular weight excluding hydrogens is 242 g/mol. The highest BCUT2D eigenvalue weighted by Crippen LogP contribution is 2.19. The number of rotatable bonds is 3. The lowest BCUT2D eigenvalue weighted by Gasteiger charge is -2.12. The third kappa shape index (κ3) is 3.04. The van der Waals surface area contributed by atoms with Crippen LogP contribution in [0.3, 0.4) is 0 Å². The first-order valence-corrected chi connectivity index (χ1v) is 6.79. The van der Waals surface area contributed by atoms with Gasteiger partial charge in [-0.25, -0.2) is 0 Å². The zero-order valence-corrected chi connectivity index (χ0v) is 10.3. The van der Waals surface area contributed by atoms with E-state index < -0.39 is 10.1 Å². The molecule has 0 spiro atoms. The number of benzene rings is 1. The van der Waals surface area contributed by atoms with Gasteiger partial charge in [0.2, 0.25) is 0 Å². The first kappa shape index (κ1) is 12.5. The molecule has 0 aromatic heterocycles. The molecular formula is C11H15NO4S. The Hall–Kier alpha value is -0.950. The van der Waals surface area contributed by atoms with Crippen LogP contribution in [0.5, 0.6) is 0 Å². The second-order valence-electron chi connectivity index (χ2n) is 4.21. The van der Waals surface area contributed by atoms with E-state index in [0.717, 1.165) is 5.56 Å². The summed E-state index contributed by atoms with van der Waals surface area (Å²) in [6.45, 7) is 2.92. The van der Waals surface area contributed by atoms with Gasteiger partial charge in [-0.3, -0.25) is 9.87 Å². The smallest absolute Gasteiger partial charge is 0.294 e. The average Bonchev–Trinajstić information content (AvgIpc) is 2.68. The number of nitrogens with one attached hydrogen (secondary N) is 1. The van der Waals surface area contributed by atoms with Crippen LogP contribution < -0.4 is 5.32 Å². The average molecular weight is 257 g/mol. The molecule has 1 heterocycles. The third-order valence-electron chi connectivity index (χ3n) is 2.75. The number of hydrogen-bond donors (Lipinski definition) is 2. The normalized spacial score (nSPS) is 20.7. The van der Waals surface area contributed by atoms with Crippen molar-refractivity contribution in [3.05, 3.63) is 29.3 Å². The van der Waals surface area contributed by atoms with Gasteiger partial charge in [-0.1, -0.05) is 17.7 Å². The quantitative estimate of drug-likeness (QED) is 0.781. The van der Waals surface area contributed by atoms with E-state index in [2.05, 4.69) is 5.32 Å². The minimum Gasteiger partial charge on any atom is -0.365 e. The van der Waals surface area contributed by atoms with E-state index in [1.54, 1.807) is 12.1 Å². The maximum Gasteiger partial charge on any atom is 0.294 e. The zero-order chi connectivity index (χ0) is 12.5. The molecule has 1 aliphatic heterocycles. The Labute approximate surface area is 101 Å². The lowest BCUT2D eigenvalue weighted by Crippen LogP contribution is -2.26. The first-order chi connectivity index (χ1) is 7.97. The van der Waals surface area contributed by atoms with Gasteiger partial charge in [0.15, 0.2) is 0 Å². The van der Waals surface area contributed by atoms with Gasteiger partial charge in [0.25, 0.3) is 10.1 Å². The summed E-state index contributed by atoms with van der Waals surface area (Å²) in [5.74, 6) is 0. The highest BCUT2D eigenvalue weighted by Gasteiger charge is 2.21. The van der Waals surface area contributed by atoms with E-state index >= 15 is 0 Å². The number of aryl methyl sites for hydroxylation is 1. The van der Waals surface area contributed by atoms with Crippen molar-refractivity contribution in [2.75, 3.05) is 13.3 Å². The van der Waals surface area contributed by atoms with Crippen molar-refractivity contribution in [2.24, 2.45) is 0 Å². The molecule has 0 radical (unpaired) electrons. The largest absolute Gasteiger partial charge is 0.365 e. The highest BCUT2D eigenvalue weighted by atomic mass is 32.2. The van der Waals surface area contributed by atoms with Crippen LogP contribution in [-0.2, 0) is 21.3 Å². The Morgan fingerprint density at radius 2 is 2.29 bits per heavy atom. The Balaban J connectivity index is 2.33. The second-order valence-corrected chi connectivity index (χ2v) is 5.60. The minimum absolute atomic E-state index is 0.0169. The van der Waals surface area contributed by atoms with Gasteiger partial charge in [-0.2, -0.15) is 8.42 Å². The molecule has 1 aromatic carbocycles. The maximum absolute atomic E-state index is 11.2. The van der Waals surface area contributed by atoms with E-state index in [4.69, 9.17) is 9.29 Å². The van der Waals surface area contributed by atoms with E-state index in [0.29, 0.717) is 25.3 Å². The van der Waals surface area contributed by atoms with Gasteiger partial charge >= 0.3 is 0 Å². The van der Waals surface area contributed by atoms with Crippen LogP contribution in [0.2, 0.25) is 0 Å². The van der Waals surface area contributed by atoms with Gasteiger partial charge in [0, 0.05) is 6.04 Å². The van der Waals surface area contributed by atoms with E-state index in [-0.39, 0.29) is 10.9 Å². The molecule has 1 aliphatic rings. The van der Waals surface area contributed by atoms with Gasteiger partial charge < -0.3 is 4.74 Å². The molecule has 17 heavy (non-hydrogen) atoms. The fourth-order valence-corrected chi connectivity index (χ4v) is 2.67. The molecule has 94 valence electrons. The molecule has 0 amide bonds. The summed E-state index contributed by atoms with van der Waals surface area (Å²) in [7, 11) is -4.16. The fourth-order valence-electron chi connectivity index (χ4n) is 1.95. The first-order valence-electron chi connectivity index (χ1n) is 5.35. The number of ether oxygens (including phenoxy) is 1. The summed E-state index contributed by atoms with van der Waals surface area (Å²) in [5.41, 5.74) is 1.59. The van der Waals surface area contributed by atoms with Crippen molar-refractivity contribution in [1.29, 1.82) is 0 Å². The van der Waals surface area contributed by atoms with Crippen molar-refractivity contribution < 1.29 is 17.7 Å². The summed E-state index contributed by atoms with van der Waals surface area (Å²) >= 11 is 0. The van der Waals surface area contributed by atoms with Gasteiger partial charge in [-0.05, 0) is 25.0 Å². The van der Waals surface area contributed by atoms with Crippen LogP contribution in [0.1, 0.15) is 11.1 Å². The molecule has 1 fully saturated rings. The van der Waals surface area contributed by atoms with Crippen LogP contribution in [0, 0.1) is 6.92 Å². The zero-order valence-electron chi connectivity index (χ0n) is 9.51. The molecule has 0 saturated carbocycles. The predicted molar refractivity (Wildman–Crippen MR) is 62.4 cm³/mol. The lowest BCUT2D eigenvalue weighted by atomic mass is 10.0. The summed E-state index contributed by atoms with van der Waals surface area (Å²) in [6.07, 6.45) is 0.525. The van der Waals surface area contributed by atoms with Gasteiger partial charge in [0.1, 0.15) is 0 Å². The van der Waals surface area contributed by atoms with Crippen LogP contribution >= 0.6 is 0 Å². The minimum atomic E-state index is -4.16. The molecule has 0 aliphatic carbocycles. The summed E-state index contributed by atoms with van der Waals surface area (Å²) < 4.78 is 36.8. The molecule has 1 saturated heterocycles. The Kier molecular flexibility index (Phi) is 3.48. The maximum atomic E-state index is 11.2. The van der Waals surface area contributed by atoms with Crippen LogP contribution in [0.25, 0.3) is 0 Å². The molecule has 2 N–H and O–H groups in total. The standard InChI is InChI=1S/C11H15NO4S/c1-8-2-3-11(17(13,14)15)9(4-8)5-10-6-16-7-12-10/h2-4,10,12H,5-7H2,1H3,(H,13,14,15)/t10-/m0/s1. The monoisotopic (exact) mass is 257 g/mol. The second kappa shape index (κ2) is 4.73. The van der Waals surface area contributed by atoms with Crippen LogP contribution in [0.15, 0.2) is 23.1 Å². The highest BCUT2D eigenvalue weighted by molar-refractivity contribution is 7.85. The van der Waals surface area contributed by atoms with E-state index in [9.17, 15) is 8.42 Å². The topological polar surface area (TPSA) is 75.6 Å². The molecule has 0 bridgehead atoms. The summed E-state index contributed by atoms with van der Waals surface area (Å²) in [6, 6.07) is 4.99. The molecule has 1 aromatic rings. The van der Waals surface area contributed by atoms with Crippen LogP contribution in [0.4, 0.5) is 0 Å². The van der Waals surface area contributed by atoms with E-state index in [1.807, 2.05) is 6.92 Å². The SMILES string of the molecule is Cc1ccc(S(=O)(=O)O)c(C[C@H]2COCN2)c1. The summed E-state index contributed by atoms with van der Waals surface area (Å²) in [4.78, 5) is -0.0169. The Bertz CT molecular complexity index is 506.